The van der Waals surface area contributed by atoms with Crippen molar-refractivity contribution in [1.29, 1.82) is 0 Å². The average Bonchev–Trinajstić information content (AvgIpc) is 3.29. The maximum Gasteiger partial charge on any atom is 0.260 e. The molecule has 9 nitrogen and oxygen atoms in total. The Morgan fingerprint density at radius 2 is 2.04 bits per heavy atom. The number of benzene rings is 1. The molecule has 1 aromatic carbocycles. The highest BCUT2D eigenvalue weighted by Gasteiger charge is 2.47. The molecule has 146 valence electrons. The smallest absolute Gasteiger partial charge is 0.260 e. The molecule has 0 spiro atoms. The standard InChI is InChI=1S/C17H21N3O6S/c1-11(2)15-18-16(26-19-15)17(21)6-7-20(10-17)27(22,23)13-5-3-4-12-14(13)25-9-8-24-12/h3-5,11,21H,6-10H2,1-2H3. The van der Waals surface area contributed by atoms with Gasteiger partial charge in [-0.05, 0) is 12.1 Å². The summed E-state index contributed by atoms with van der Waals surface area (Å²) < 4.78 is 43.7. The van der Waals surface area contributed by atoms with E-state index in [9.17, 15) is 13.5 Å². The molecule has 0 saturated carbocycles. The minimum Gasteiger partial charge on any atom is -0.486 e. The molecule has 3 heterocycles. The van der Waals surface area contributed by atoms with E-state index in [-0.39, 0.29) is 48.6 Å². The van der Waals surface area contributed by atoms with Crippen LogP contribution in [0.2, 0.25) is 0 Å². The molecule has 0 amide bonds. The number of para-hydroxylation sites is 1. The first-order valence-electron chi connectivity index (χ1n) is 8.76. The number of rotatable bonds is 4. The second kappa shape index (κ2) is 6.47. The monoisotopic (exact) mass is 395 g/mol. The van der Waals surface area contributed by atoms with Crippen molar-refractivity contribution in [3.63, 3.8) is 0 Å². The molecule has 0 radical (unpaired) electrons. The van der Waals surface area contributed by atoms with Gasteiger partial charge in [-0.1, -0.05) is 25.1 Å². The molecule has 1 atom stereocenters. The molecule has 1 fully saturated rings. The number of aromatic nitrogens is 2. The lowest BCUT2D eigenvalue weighted by Crippen LogP contribution is -2.35. The van der Waals surface area contributed by atoms with Crippen molar-refractivity contribution in [2.24, 2.45) is 0 Å². The molecular formula is C17H21N3O6S. The fourth-order valence-corrected chi connectivity index (χ4v) is 4.82. The van der Waals surface area contributed by atoms with Crippen LogP contribution in [0.1, 0.15) is 37.9 Å². The van der Waals surface area contributed by atoms with E-state index >= 15 is 0 Å². The summed E-state index contributed by atoms with van der Waals surface area (Å²) in [5, 5.41) is 14.8. The quantitative estimate of drug-likeness (QED) is 0.822. The van der Waals surface area contributed by atoms with Gasteiger partial charge in [0.25, 0.3) is 5.89 Å². The molecule has 0 bridgehead atoms. The first kappa shape index (κ1) is 18.2. The molecule has 1 aromatic heterocycles. The number of hydrogen-bond donors (Lipinski definition) is 1. The van der Waals surface area contributed by atoms with Crippen molar-refractivity contribution < 1.29 is 27.5 Å². The molecular weight excluding hydrogens is 374 g/mol. The third kappa shape index (κ3) is 3.07. The van der Waals surface area contributed by atoms with E-state index in [0.717, 1.165) is 0 Å². The van der Waals surface area contributed by atoms with Crippen LogP contribution in [0.5, 0.6) is 11.5 Å². The second-order valence-electron chi connectivity index (χ2n) is 7.01. The van der Waals surface area contributed by atoms with Gasteiger partial charge in [-0.3, -0.25) is 0 Å². The summed E-state index contributed by atoms with van der Waals surface area (Å²) in [5.74, 6) is 1.16. The van der Waals surface area contributed by atoms with Gasteiger partial charge in [0.15, 0.2) is 22.9 Å². The fraction of sp³-hybridized carbons (Fsp3) is 0.529. The van der Waals surface area contributed by atoms with Crippen LogP contribution in [0.15, 0.2) is 27.6 Å². The third-order valence-corrected chi connectivity index (χ3v) is 6.59. The molecule has 1 unspecified atom stereocenters. The molecule has 2 aliphatic heterocycles. The van der Waals surface area contributed by atoms with Gasteiger partial charge < -0.3 is 19.1 Å². The Morgan fingerprint density at radius 1 is 1.26 bits per heavy atom. The second-order valence-corrected chi connectivity index (χ2v) is 8.92. The maximum absolute atomic E-state index is 13.2. The molecule has 1 N–H and O–H groups in total. The molecule has 0 aliphatic carbocycles. The van der Waals surface area contributed by atoms with Crippen molar-refractivity contribution in [2.75, 3.05) is 26.3 Å². The van der Waals surface area contributed by atoms with Gasteiger partial charge in [0.2, 0.25) is 10.0 Å². The lowest BCUT2D eigenvalue weighted by Gasteiger charge is -2.24. The van der Waals surface area contributed by atoms with Crippen LogP contribution in [0.4, 0.5) is 0 Å². The Balaban J connectivity index is 1.63. The summed E-state index contributed by atoms with van der Waals surface area (Å²) in [6.45, 7) is 4.43. The Morgan fingerprint density at radius 3 is 2.78 bits per heavy atom. The number of nitrogens with zero attached hydrogens (tertiary/aromatic N) is 3. The zero-order valence-corrected chi connectivity index (χ0v) is 15.9. The molecule has 2 aromatic rings. The van der Waals surface area contributed by atoms with Gasteiger partial charge in [0.05, 0.1) is 6.54 Å². The highest BCUT2D eigenvalue weighted by molar-refractivity contribution is 7.89. The van der Waals surface area contributed by atoms with Crippen LogP contribution in [0.25, 0.3) is 0 Å². The van der Waals surface area contributed by atoms with Crippen molar-refractivity contribution in [1.82, 2.24) is 14.4 Å². The van der Waals surface area contributed by atoms with E-state index in [0.29, 0.717) is 18.2 Å². The van der Waals surface area contributed by atoms with Gasteiger partial charge in [0, 0.05) is 18.9 Å². The minimum absolute atomic E-state index is 0.0253. The molecule has 1 saturated heterocycles. The predicted octanol–water partition coefficient (Wildman–Crippen LogP) is 1.25. The van der Waals surface area contributed by atoms with E-state index in [1.54, 1.807) is 12.1 Å². The van der Waals surface area contributed by atoms with Crippen LogP contribution in [0, 0.1) is 0 Å². The highest BCUT2D eigenvalue weighted by atomic mass is 32.2. The van der Waals surface area contributed by atoms with Gasteiger partial charge in [-0.2, -0.15) is 9.29 Å². The van der Waals surface area contributed by atoms with Crippen LogP contribution in [-0.2, 0) is 15.6 Å². The summed E-state index contributed by atoms with van der Waals surface area (Å²) in [5.41, 5.74) is -1.51. The molecule has 2 aliphatic rings. The number of ether oxygens (including phenoxy) is 2. The molecule has 4 rings (SSSR count). The van der Waals surface area contributed by atoms with Gasteiger partial charge >= 0.3 is 0 Å². The van der Waals surface area contributed by atoms with Crippen molar-refractivity contribution in [3.05, 3.63) is 29.9 Å². The lowest BCUT2D eigenvalue weighted by atomic mass is 10.0. The van der Waals surface area contributed by atoms with Crippen molar-refractivity contribution in [3.8, 4) is 11.5 Å². The van der Waals surface area contributed by atoms with E-state index in [1.807, 2.05) is 13.8 Å². The van der Waals surface area contributed by atoms with E-state index in [4.69, 9.17) is 14.0 Å². The van der Waals surface area contributed by atoms with Crippen LogP contribution in [-0.4, -0.2) is 54.3 Å². The minimum atomic E-state index is -3.89. The first-order valence-corrected chi connectivity index (χ1v) is 10.2. The summed E-state index contributed by atoms with van der Waals surface area (Å²) in [6.07, 6.45) is 0.165. The largest absolute Gasteiger partial charge is 0.486 e. The fourth-order valence-electron chi connectivity index (χ4n) is 3.19. The van der Waals surface area contributed by atoms with Crippen molar-refractivity contribution >= 4 is 10.0 Å². The summed E-state index contributed by atoms with van der Waals surface area (Å²) in [6, 6.07) is 4.75. The summed E-state index contributed by atoms with van der Waals surface area (Å²) in [4.78, 5) is 4.25. The van der Waals surface area contributed by atoms with E-state index in [1.165, 1.54) is 10.4 Å². The zero-order chi connectivity index (χ0) is 19.2. The molecule has 10 heteroatoms. The summed E-state index contributed by atoms with van der Waals surface area (Å²) in [7, 11) is -3.89. The predicted molar refractivity (Wildman–Crippen MR) is 93.1 cm³/mol. The molecule has 27 heavy (non-hydrogen) atoms. The van der Waals surface area contributed by atoms with E-state index in [2.05, 4.69) is 10.1 Å². The number of fused-ring (bicyclic) bond motifs is 1. The Hall–Kier alpha value is -2.17. The maximum atomic E-state index is 13.2. The lowest BCUT2D eigenvalue weighted by molar-refractivity contribution is 0.0194. The van der Waals surface area contributed by atoms with Crippen LogP contribution < -0.4 is 9.47 Å². The third-order valence-electron chi connectivity index (χ3n) is 4.72. The highest BCUT2D eigenvalue weighted by Crippen LogP contribution is 2.40. The average molecular weight is 395 g/mol. The first-order chi connectivity index (χ1) is 12.8. The normalized spacial score (nSPS) is 23.1. The van der Waals surface area contributed by atoms with Crippen LogP contribution in [0.3, 0.4) is 0 Å². The van der Waals surface area contributed by atoms with Crippen LogP contribution >= 0.6 is 0 Å². The van der Waals surface area contributed by atoms with Crippen molar-refractivity contribution in [2.45, 2.75) is 36.7 Å². The number of sulfonamides is 1. The van der Waals surface area contributed by atoms with Gasteiger partial charge in [-0.25, -0.2) is 8.42 Å². The summed E-state index contributed by atoms with van der Waals surface area (Å²) >= 11 is 0. The zero-order valence-electron chi connectivity index (χ0n) is 15.1. The van der Waals surface area contributed by atoms with E-state index < -0.39 is 15.6 Å². The Bertz CT molecular complexity index is 957. The Kier molecular flexibility index (Phi) is 4.36. The number of β-amino-alcohol motifs (C(OH)–C–C–N with tert-alkyl or cyclic N) is 1. The number of hydrogen-bond acceptors (Lipinski definition) is 8. The van der Waals surface area contributed by atoms with Gasteiger partial charge in [-0.15, -0.1) is 0 Å². The number of aliphatic hydroxyl groups is 1. The van der Waals surface area contributed by atoms with Gasteiger partial charge in [0.1, 0.15) is 18.1 Å². The Labute approximate surface area is 156 Å². The SMILES string of the molecule is CC(C)c1noc(C2(O)CCN(S(=O)(=O)c3cccc4c3OCCO4)C2)n1. The topological polar surface area (TPSA) is 115 Å².